The average Bonchev–Trinajstić information content (AvgIpc) is 3.56. The van der Waals surface area contributed by atoms with Crippen molar-refractivity contribution in [3.63, 3.8) is 0 Å². The van der Waals surface area contributed by atoms with Crippen molar-refractivity contribution in [2.75, 3.05) is 4.90 Å². The van der Waals surface area contributed by atoms with Gasteiger partial charge in [-0.2, -0.15) is 0 Å². The Balaban J connectivity index is 1.26. The minimum Gasteiger partial charge on any atom is -0.456 e. The summed E-state index contributed by atoms with van der Waals surface area (Å²) in [4.78, 5) is 2.37. The summed E-state index contributed by atoms with van der Waals surface area (Å²) in [5.74, 6) is 0. The Morgan fingerprint density at radius 1 is 0.447 bits per heavy atom. The molecule has 2 aliphatic rings. The third-order valence-corrected chi connectivity index (χ3v) is 11.8. The largest absolute Gasteiger partial charge is 0.456 e. The van der Waals surface area contributed by atoms with Crippen LogP contribution in [0.1, 0.15) is 63.8 Å². The molecule has 47 heavy (non-hydrogen) atoms. The predicted molar refractivity (Wildman–Crippen MR) is 197 cm³/mol. The quantitative estimate of drug-likeness (QED) is 0.198. The van der Waals surface area contributed by atoms with Crippen LogP contribution in [0.15, 0.2) is 132 Å². The molecule has 0 amide bonds. The van der Waals surface area contributed by atoms with E-state index in [1.54, 1.807) is 0 Å². The highest BCUT2D eigenvalue weighted by atomic mass is 16.3. The average molecular weight is 610 g/mol. The van der Waals surface area contributed by atoms with Crippen LogP contribution in [0, 0.1) is 0 Å². The Kier molecular flexibility index (Phi) is 5.68. The molecular formula is C45H39NO. The Morgan fingerprint density at radius 2 is 1.11 bits per heavy atom. The first kappa shape index (κ1) is 28.2. The Labute approximate surface area is 277 Å². The van der Waals surface area contributed by atoms with E-state index in [0.717, 1.165) is 39.0 Å². The summed E-state index contributed by atoms with van der Waals surface area (Å²) in [7, 11) is 0. The molecule has 0 atom stereocenters. The van der Waals surface area contributed by atoms with Crippen LogP contribution >= 0.6 is 0 Å². The minimum absolute atomic E-state index is 0.0298. The highest BCUT2D eigenvalue weighted by Gasteiger charge is 2.50. The molecular weight excluding hydrogens is 571 g/mol. The van der Waals surface area contributed by atoms with E-state index in [4.69, 9.17) is 4.42 Å². The Bertz CT molecular complexity index is 2390. The first-order chi connectivity index (χ1) is 22.6. The van der Waals surface area contributed by atoms with Crippen LogP contribution in [0.4, 0.5) is 17.1 Å². The third kappa shape index (κ3) is 3.73. The molecule has 6 aromatic carbocycles. The maximum absolute atomic E-state index is 6.35. The standard InChI is InChI=1S/C45H39NO/c1-43(2)37-25-24-34-31-16-10-12-18-36(31)44(3,4)45(5,6)42(34)41(37)35-23-21-29(26-38(35)43)46(28-14-8-7-9-15-28)30-20-22-33-32-17-11-13-19-39(32)47-40(33)27-30/h7-27H,1-6H3. The van der Waals surface area contributed by atoms with Crippen molar-refractivity contribution < 1.29 is 4.42 Å². The van der Waals surface area contributed by atoms with Crippen LogP contribution in [0.25, 0.3) is 44.2 Å². The van der Waals surface area contributed by atoms with Gasteiger partial charge in [0.05, 0.1) is 0 Å². The second-order valence-corrected chi connectivity index (χ2v) is 15.0. The lowest BCUT2D eigenvalue weighted by Gasteiger charge is -2.49. The second-order valence-electron chi connectivity index (χ2n) is 15.0. The number of anilines is 3. The first-order valence-electron chi connectivity index (χ1n) is 16.8. The third-order valence-electron chi connectivity index (χ3n) is 11.8. The highest BCUT2D eigenvalue weighted by Crippen LogP contribution is 2.61. The second kappa shape index (κ2) is 9.48. The summed E-state index contributed by atoms with van der Waals surface area (Å²) in [5.41, 5.74) is 16.1. The van der Waals surface area contributed by atoms with Crippen LogP contribution < -0.4 is 4.90 Å². The molecule has 9 rings (SSSR count). The number of rotatable bonds is 3. The molecule has 0 bridgehead atoms. The van der Waals surface area contributed by atoms with E-state index >= 15 is 0 Å². The number of nitrogens with zero attached hydrogens (tertiary/aromatic N) is 1. The number of hydrogen-bond acceptors (Lipinski definition) is 2. The number of furan rings is 1. The molecule has 0 fully saturated rings. The van der Waals surface area contributed by atoms with E-state index in [-0.39, 0.29) is 16.2 Å². The van der Waals surface area contributed by atoms with Crippen molar-refractivity contribution in [1.82, 2.24) is 0 Å². The fraction of sp³-hybridized carbons (Fsp3) is 0.200. The van der Waals surface area contributed by atoms with Gasteiger partial charge < -0.3 is 9.32 Å². The van der Waals surface area contributed by atoms with E-state index in [0.29, 0.717) is 0 Å². The minimum atomic E-state index is -0.155. The lowest BCUT2D eigenvalue weighted by atomic mass is 9.54. The number of benzene rings is 6. The first-order valence-corrected chi connectivity index (χ1v) is 16.8. The zero-order chi connectivity index (χ0) is 32.3. The van der Waals surface area contributed by atoms with Gasteiger partial charge in [0.1, 0.15) is 11.2 Å². The summed E-state index contributed by atoms with van der Waals surface area (Å²) < 4.78 is 6.35. The number of para-hydroxylation sites is 2. The molecule has 1 aromatic heterocycles. The topological polar surface area (TPSA) is 16.4 Å². The Morgan fingerprint density at radius 3 is 1.94 bits per heavy atom. The molecule has 230 valence electrons. The lowest BCUT2D eigenvalue weighted by molar-refractivity contribution is 0.299. The van der Waals surface area contributed by atoms with E-state index in [2.05, 4.69) is 162 Å². The number of fused-ring (bicyclic) bond motifs is 10. The van der Waals surface area contributed by atoms with Crippen molar-refractivity contribution in [2.45, 2.75) is 57.8 Å². The van der Waals surface area contributed by atoms with Gasteiger partial charge in [0.2, 0.25) is 0 Å². The normalized spacial score (nSPS) is 16.4. The van der Waals surface area contributed by atoms with Gasteiger partial charge >= 0.3 is 0 Å². The van der Waals surface area contributed by atoms with Crippen LogP contribution in [0.2, 0.25) is 0 Å². The van der Waals surface area contributed by atoms with Crippen LogP contribution in [0.3, 0.4) is 0 Å². The summed E-state index contributed by atoms with van der Waals surface area (Å²) in [6.45, 7) is 14.6. The molecule has 0 N–H and O–H groups in total. The van der Waals surface area contributed by atoms with Crippen LogP contribution in [-0.2, 0) is 16.2 Å². The van der Waals surface area contributed by atoms with Gasteiger partial charge in [-0.1, -0.05) is 120 Å². The fourth-order valence-electron chi connectivity index (χ4n) is 8.62. The summed E-state index contributed by atoms with van der Waals surface area (Å²) in [6.07, 6.45) is 0. The highest BCUT2D eigenvalue weighted by molar-refractivity contribution is 6.06. The van der Waals surface area contributed by atoms with Gasteiger partial charge in [-0.05, 0) is 92.4 Å². The van der Waals surface area contributed by atoms with Crippen LogP contribution in [0.5, 0.6) is 0 Å². The van der Waals surface area contributed by atoms with E-state index in [9.17, 15) is 0 Å². The molecule has 0 spiro atoms. The fourth-order valence-corrected chi connectivity index (χ4v) is 8.62. The van der Waals surface area contributed by atoms with Gasteiger partial charge in [0, 0.05) is 44.7 Å². The zero-order valence-corrected chi connectivity index (χ0v) is 28.0. The molecule has 0 unspecified atom stereocenters. The van der Waals surface area contributed by atoms with Crippen molar-refractivity contribution in [1.29, 1.82) is 0 Å². The summed E-state index contributed by atoms with van der Waals surface area (Å²) in [5, 5.41) is 2.29. The lowest BCUT2D eigenvalue weighted by Crippen LogP contribution is -2.44. The molecule has 0 saturated heterocycles. The summed E-state index contributed by atoms with van der Waals surface area (Å²) in [6, 6.07) is 46.6. The van der Waals surface area contributed by atoms with Crippen molar-refractivity contribution >= 4 is 39.0 Å². The van der Waals surface area contributed by atoms with E-state index in [1.165, 1.54) is 44.5 Å². The van der Waals surface area contributed by atoms with E-state index in [1.807, 2.05) is 12.1 Å². The molecule has 0 radical (unpaired) electrons. The van der Waals surface area contributed by atoms with Crippen molar-refractivity contribution in [2.24, 2.45) is 0 Å². The molecule has 0 saturated carbocycles. The van der Waals surface area contributed by atoms with Gasteiger partial charge in [0.15, 0.2) is 0 Å². The van der Waals surface area contributed by atoms with Crippen molar-refractivity contribution in [3.8, 4) is 22.3 Å². The maximum atomic E-state index is 6.35. The maximum Gasteiger partial charge on any atom is 0.137 e. The Hall–Kier alpha value is -5.08. The van der Waals surface area contributed by atoms with Gasteiger partial charge in [-0.25, -0.2) is 0 Å². The molecule has 2 aliphatic carbocycles. The molecule has 0 aliphatic heterocycles. The number of hydrogen-bond donors (Lipinski definition) is 0. The summed E-state index contributed by atoms with van der Waals surface area (Å²) >= 11 is 0. The van der Waals surface area contributed by atoms with E-state index < -0.39 is 0 Å². The SMILES string of the molecule is CC1(C)c2cc(N(c3ccccc3)c3ccc4c(c3)oc3ccccc34)ccc2-c2c1ccc1c2C(C)(C)C(C)(C)c2ccccc2-1. The molecule has 2 heteroatoms. The zero-order valence-electron chi connectivity index (χ0n) is 28.0. The van der Waals surface area contributed by atoms with Gasteiger partial charge in [-0.15, -0.1) is 0 Å². The van der Waals surface area contributed by atoms with Gasteiger partial charge in [-0.3, -0.25) is 0 Å². The van der Waals surface area contributed by atoms with Gasteiger partial charge in [0.25, 0.3) is 0 Å². The molecule has 2 nitrogen and oxygen atoms in total. The molecule has 7 aromatic rings. The smallest absolute Gasteiger partial charge is 0.137 e. The molecule has 1 heterocycles. The van der Waals surface area contributed by atoms with Crippen molar-refractivity contribution in [3.05, 3.63) is 150 Å². The monoisotopic (exact) mass is 609 g/mol. The van der Waals surface area contributed by atoms with Crippen LogP contribution in [-0.4, -0.2) is 0 Å². The predicted octanol–water partition coefficient (Wildman–Crippen LogP) is 12.6.